The van der Waals surface area contributed by atoms with Crippen molar-refractivity contribution in [3.05, 3.63) is 35.1 Å². The lowest BCUT2D eigenvalue weighted by Gasteiger charge is -2.39. The second-order valence-corrected chi connectivity index (χ2v) is 6.47. The third-order valence-corrected chi connectivity index (χ3v) is 4.32. The Morgan fingerprint density at radius 1 is 1.42 bits per heavy atom. The maximum atomic E-state index is 13.4. The van der Waals surface area contributed by atoms with Gasteiger partial charge in [-0.1, -0.05) is 26.0 Å². The summed E-state index contributed by atoms with van der Waals surface area (Å²) in [6.45, 7) is 6.07. The lowest BCUT2D eigenvalue weighted by molar-refractivity contribution is -0.144. The minimum absolute atomic E-state index is 0.0134. The van der Waals surface area contributed by atoms with Crippen LogP contribution in [0.4, 0.5) is 4.39 Å². The summed E-state index contributed by atoms with van der Waals surface area (Å²) in [6, 6.07) is 4.99. The summed E-state index contributed by atoms with van der Waals surface area (Å²) >= 11 is 0. The van der Waals surface area contributed by atoms with Gasteiger partial charge in [-0.25, -0.2) is 4.39 Å². The molecule has 1 aliphatic rings. The Balaban J connectivity index is 2.36. The molecule has 104 valence electrons. The number of rotatable bonds is 2. The van der Waals surface area contributed by atoms with Gasteiger partial charge in [0.15, 0.2) is 0 Å². The number of carbonyl (C=O) groups is 1. The highest BCUT2D eigenvalue weighted by atomic mass is 19.1. The molecular weight excluding hydrogens is 243 g/mol. The maximum absolute atomic E-state index is 13.4. The fraction of sp³-hybridized carbons (Fsp3) is 0.562. The molecule has 1 aromatic rings. The zero-order valence-corrected chi connectivity index (χ0v) is 11.7. The summed E-state index contributed by atoms with van der Waals surface area (Å²) in [5, 5.41) is 9.39. The van der Waals surface area contributed by atoms with Crippen LogP contribution in [0.1, 0.15) is 50.2 Å². The minimum atomic E-state index is -0.734. The number of hydrogen-bond donors (Lipinski definition) is 1. The first kappa shape index (κ1) is 14.0. The SMILES string of the molecule is Cc1cc(C2CC(C)(C)CCC2C(=O)O)ccc1F. The highest BCUT2D eigenvalue weighted by molar-refractivity contribution is 5.71. The van der Waals surface area contributed by atoms with E-state index in [-0.39, 0.29) is 23.1 Å². The smallest absolute Gasteiger partial charge is 0.307 e. The molecule has 0 aromatic heterocycles. The molecule has 0 spiro atoms. The summed E-state index contributed by atoms with van der Waals surface area (Å²) in [7, 11) is 0. The number of halogens is 1. The van der Waals surface area contributed by atoms with Crippen LogP contribution in [0.15, 0.2) is 18.2 Å². The fourth-order valence-corrected chi connectivity index (χ4v) is 3.13. The van der Waals surface area contributed by atoms with Gasteiger partial charge in [0.05, 0.1) is 5.92 Å². The van der Waals surface area contributed by atoms with Crippen molar-refractivity contribution in [1.29, 1.82) is 0 Å². The van der Waals surface area contributed by atoms with Crippen LogP contribution in [0, 0.1) is 24.1 Å². The first-order chi connectivity index (χ1) is 8.80. The van der Waals surface area contributed by atoms with Crippen molar-refractivity contribution in [2.75, 3.05) is 0 Å². The zero-order valence-electron chi connectivity index (χ0n) is 11.7. The van der Waals surface area contributed by atoms with Crippen LogP contribution >= 0.6 is 0 Å². The molecule has 0 heterocycles. The molecule has 1 saturated carbocycles. The van der Waals surface area contributed by atoms with Gasteiger partial charge in [-0.3, -0.25) is 4.79 Å². The van der Waals surface area contributed by atoms with Crippen LogP contribution in [0.2, 0.25) is 0 Å². The molecule has 19 heavy (non-hydrogen) atoms. The van der Waals surface area contributed by atoms with Gasteiger partial charge in [0.25, 0.3) is 0 Å². The number of carboxylic acid groups (broad SMARTS) is 1. The Hall–Kier alpha value is -1.38. The highest BCUT2D eigenvalue weighted by Crippen LogP contribution is 2.46. The maximum Gasteiger partial charge on any atom is 0.307 e. The van der Waals surface area contributed by atoms with Crippen molar-refractivity contribution in [3.63, 3.8) is 0 Å². The van der Waals surface area contributed by atoms with Gasteiger partial charge in [-0.2, -0.15) is 0 Å². The number of benzene rings is 1. The molecule has 2 unspecified atom stereocenters. The fourth-order valence-electron chi connectivity index (χ4n) is 3.13. The second-order valence-electron chi connectivity index (χ2n) is 6.47. The summed E-state index contributed by atoms with van der Waals surface area (Å²) in [5.41, 5.74) is 1.70. The molecule has 1 N–H and O–H groups in total. The van der Waals surface area contributed by atoms with Crippen molar-refractivity contribution in [1.82, 2.24) is 0 Å². The Bertz CT molecular complexity index is 494. The van der Waals surface area contributed by atoms with Crippen LogP contribution in [-0.2, 0) is 4.79 Å². The molecular formula is C16H21FO2. The third kappa shape index (κ3) is 2.96. The summed E-state index contributed by atoms with van der Waals surface area (Å²) in [5.74, 6) is -1.33. The van der Waals surface area contributed by atoms with E-state index in [4.69, 9.17) is 0 Å². The van der Waals surface area contributed by atoms with E-state index in [1.807, 2.05) is 0 Å². The average Bonchev–Trinajstić information content (AvgIpc) is 2.31. The van der Waals surface area contributed by atoms with Gasteiger partial charge in [0.1, 0.15) is 5.82 Å². The molecule has 0 saturated heterocycles. The Morgan fingerprint density at radius 2 is 2.11 bits per heavy atom. The predicted octanol–water partition coefficient (Wildman–Crippen LogP) is 4.13. The summed E-state index contributed by atoms with van der Waals surface area (Å²) in [6.07, 6.45) is 2.47. The lowest BCUT2D eigenvalue weighted by atomic mass is 9.65. The highest BCUT2D eigenvalue weighted by Gasteiger charge is 2.39. The quantitative estimate of drug-likeness (QED) is 0.872. The van der Waals surface area contributed by atoms with Crippen molar-refractivity contribution >= 4 is 5.97 Å². The molecule has 2 nitrogen and oxygen atoms in total. The van der Waals surface area contributed by atoms with Gasteiger partial charge in [0.2, 0.25) is 0 Å². The number of aliphatic carboxylic acids is 1. The van der Waals surface area contributed by atoms with Crippen LogP contribution in [-0.4, -0.2) is 11.1 Å². The molecule has 0 aliphatic heterocycles. The third-order valence-electron chi connectivity index (χ3n) is 4.32. The zero-order chi connectivity index (χ0) is 14.2. The molecule has 3 heteroatoms. The normalized spacial score (nSPS) is 26.1. The first-order valence-electron chi connectivity index (χ1n) is 6.79. The second kappa shape index (κ2) is 4.95. The van der Waals surface area contributed by atoms with Gasteiger partial charge in [0, 0.05) is 0 Å². The average molecular weight is 264 g/mol. The summed E-state index contributed by atoms with van der Waals surface area (Å²) < 4.78 is 13.4. The van der Waals surface area contributed by atoms with Crippen molar-refractivity contribution in [2.45, 2.75) is 46.0 Å². The van der Waals surface area contributed by atoms with E-state index in [1.54, 1.807) is 19.1 Å². The van der Waals surface area contributed by atoms with E-state index in [2.05, 4.69) is 13.8 Å². The molecule has 0 amide bonds. The molecule has 1 fully saturated rings. The molecule has 1 aliphatic carbocycles. The molecule has 0 bridgehead atoms. The van der Waals surface area contributed by atoms with E-state index in [0.717, 1.165) is 18.4 Å². The molecule has 0 radical (unpaired) electrons. The van der Waals surface area contributed by atoms with Crippen LogP contribution in [0.25, 0.3) is 0 Å². The Kier molecular flexibility index (Phi) is 3.66. The van der Waals surface area contributed by atoms with Crippen LogP contribution in [0.5, 0.6) is 0 Å². The molecule has 2 rings (SSSR count). The Labute approximate surface area is 113 Å². The standard InChI is InChI=1S/C16H21FO2/c1-10-8-11(4-5-14(10)17)13-9-16(2,3)7-6-12(13)15(18)19/h4-5,8,12-13H,6-7,9H2,1-3H3,(H,18,19). The van der Waals surface area contributed by atoms with Gasteiger partial charge in [-0.05, 0) is 54.7 Å². The monoisotopic (exact) mass is 264 g/mol. The van der Waals surface area contributed by atoms with Crippen molar-refractivity contribution in [2.24, 2.45) is 11.3 Å². The largest absolute Gasteiger partial charge is 0.481 e. The topological polar surface area (TPSA) is 37.3 Å². The summed E-state index contributed by atoms with van der Waals surface area (Å²) in [4.78, 5) is 11.4. The molecule has 2 atom stereocenters. The number of hydrogen-bond acceptors (Lipinski definition) is 1. The van der Waals surface area contributed by atoms with Crippen LogP contribution < -0.4 is 0 Å². The number of carboxylic acids is 1. The van der Waals surface area contributed by atoms with Gasteiger partial charge < -0.3 is 5.11 Å². The van der Waals surface area contributed by atoms with E-state index in [1.165, 1.54) is 6.07 Å². The minimum Gasteiger partial charge on any atom is -0.481 e. The number of aryl methyl sites for hydroxylation is 1. The van der Waals surface area contributed by atoms with E-state index in [9.17, 15) is 14.3 Å². The first-order valence-corrected chi connectivity index (χ1v) is 6.79. The van der Waals surface area contributed by atoms with Crippen molar-refractivity contribution < 1.29 is 14.3 Å². The van der Waals surface area contributed by atoms with Crippen LogP contribution in [0.3, 0.4) is 0 Å². The van der Waals surface area contributed by atoms with E-state index in [0.29, 0.717) is 12.0 Å². The van der Waals surface area contributed by atoms with E-state index < -0.39 is 5.97 Å². The predicted molar refractivity (Wildman–Crippen MR) is 72.6 cm³/mol. The van der Waals surface area contributed by atoms with Crippen molar-refractivity contribution in [3.8, 4) is 0 Å². The van der Waals surface area contributed by atoms with Gasteiger partial charge in [-0.15, -0.1) is 0 Å². The lowest BCUT2D eigenvalue weighted by Crippen LogP contribution is -2.33. The van der Waals surface area contributed by atoms with E-state index >= 15 is 0 Å². The molecule has 1 aromatic carbocycles. The van der Waals surface area contributed by atoms with Gasteiger partial charge >= 0.3 is 5.97 Å². The Morgan fingerprint density at radius 3 is 2.68 bits per heavy atom.